The number of aromatic nitrogens is 1. The molecule has 100 valence electrons. The van der Waals surface area contributed by atoms with Gasteiger partial charge in [0.05, 0.1) is 12.0 Å². The highest BCUT2D eigenvalue weighted by Crippen LogP contribution is 2.46. The van der Waals surface area contributed by atoms with Gasteiger partial charge in [-0.3, -0.25) is 4.98 Å². The van der Waals surface area contributed by atoms with E-state index < -0.39 is 24.1 Å². The molecule has 0 radical (unpaired) electrons. The summed E-state index contributed by atoms with van der Waals surface area (Å²) >= 11 is 0. The van der Waals surface area contributed by atoms with Gasteiger partial charge in [0.25, 0.3) is 0 Å². The number of halogens is 3. The van der Waals surface area contributed by atoms with Crippen LogP contribution in [0.1, 0.15) is 37.4 Å². The van der Waals surface area contributed by atoms with Crippen molar-refractivity contribution in [2.75, 3.05) is 0 Å². The molecule has 1 aliphatic carbocycles. The molecule has 0 amide bonds. The Bertz CT molecular complexity index is 380. The van der Waals surface area contributed by atoms with Gasteiger partial charge in [-0.05, 0) is 24.5 Å². The van der Waals surface area contributed by atoms with Gasteiger partial charge in [-0.2, -0.15) is 13.2 Å². The maximum absolute atomic E-state index is 12.9. The monoisotopic (exact) mass is 259 g/mol. The van der Waals surface area contributed by atoms with Crippen LogP contribution in [0, 0.1) is 11.8 Å². The first-order valence-electron chi connectivity index (χ1n) is 6.15. The highest BCUT2D eigenvalue weighted by Gasteiger charge is 2.47. The second kappa shape index (κ2) is 5.26. The van der Waals surface area contributed by atoms with Crippen molar-refractivity contribution in [2.24, 2.45) is 11.8 Å². The van der Waals surface area contributed by atoms with E-state index in [9.17, 15) is 18.3 Å². The molecule has 0 saturated heterocycles. The molecule has 1 aromatic heterocycles. The summed E-state index contributed by atoms with van der Waals surface area (Å²) < 4.78 is 38.8. The van der Waals surface area contributed by atoms with Crippen LogP contribution in [0.2, 0.25) is 0 Å². The Balaban J connectivity index is 2.19. The average Bonchev–Trinajstić information content (AvgIpc) is 2.38. The van der Waals surface area contributed by atoms with Crippen molar-refractivity contribution in [3.05, 3.63) is 30.1 Å². The molecule has 1 aliphatic rings. The van der Waals surface area contributed by atoms with E-state index in [0.717, 1.165) is 6.42 Å². The average molecular weight is 259 g/mol. The number of aliphatic hydroxyl groups is 1. The number of aliphatic hydroxyl groups excluding tert-OH is 1. The molecule has 1 aromatic rings. The van der Waals surface area contributed by atoms with Crippen molar-refractivity contribution in [3.8, 4) is 0 Å². The van der Waals surface area contributed by atoms with Crippen molar-refractivity contribution in [2.45, 2.75) is 38.0 Å². The zero-order valence-electron chi connectivity index (χ0n) is 9.90. The van der Waals surface area contributed by atoms with Gasteiger partial charge in [0.2, 0.25) is 0 Å². The number of alkyl halides is 3. The lowest BCUT2D eigenvalue weighted by atomic mass is 9.74. The lowest BCUT2D eigenvalue weighted by molar-refractivity contribution is -0.207. The van der Waals surface area contributed by atoms with E-state index in [2.05, 4.69) is 4.98 Å². The predicted molar refractivity (Wildman–Crippen MR) is 60.7 cm³/mol. The van der Waals surface area contributed by atoms with Gasteiger partial charge < -0.3 is 5.11 Å². The van der Waals surface area contributed by atoms with Crippen LogP contribution in [0.5, 0.6) is 0 Å². The van der Waals surface area contributed by atoms with Gasteiger partial charge in [0.15, 0.2) is 0 Å². The normalized spacial score (nSPS) is 26.9. The second-order valence-electron chi connectivity index (χ2n) is 4.83. The Labute approximate surface area is 104 Å². The van der Waals surface area contributed by atoms with Crippen molar-refractivity contribution in [1.82, 2.24) is 4.98 Å². The van der Waals surface area contributed by atoms with Crippen molar-refractivity contribution < 1.29 is 18.3 Å². The zero-order chi connectivity index (χ0) is 13.2. The number of pyridine rings is 1. The first-order chi connectivity index (χ1) is 8.50. The topological polar surface area (TPSA) is 33.1 Å². The number of nitrogens with zero attached hydrogens (tertiary/aromatic N) is 1. The number of rotatable bonds is 2. The summed E-state index contributed by atoms with van der Waals surface area (Å²) in [6, 6.07) is 3.25. The highest BCUT2D eigenvalue weighted by atomic mass is 19.4. The Kier molecular flexibility index (Phi) is 3.90. The zero-order valence-corrected chi connectivity index (χ0v) is 9.90. The molecule has 3 unspecified atom stereocenters. The number of hydrogen-bond donors (Lipinski definition) is 1. The predicted octanol–water partition coefficient (Wildman–Crippen LogP) is 3.48. The molecule has 1 heterocycles. The van der Waals surface area contributed by atoms with Crippen LogP contribution in [0.15, 0.2) is 24.5 Å². The Morgan fingerprint density at radius 3 is 2.61 bits per heavy atom. The van der Waals surface area contributed by atoms with E-state index in [0.29, 0.717) is 18.4 Å². The summed E-state index contributed by atoms with van der Waals surface area (Å²) in [6.45, 7) is 0. The molecule has 0 aromatic carbocycles. The fourth-order valence-corrected chi connectivity index (χ4v) is 2.74. The second-order valence-corrected chi connectivity index (χ2v) is 4.83. The van der Waals surface area contributed by atoms with Gasteiger partial charge in [0.1, 0.15) is 0 Å². The summed E-state index contributed by atoms with van der Waals surface area (Å²) in [5.41, 5.74) is 0.471. The van der Waals surface area contributed by atoms with Crippen LogP contribution in [-0.2, 0) is 0 Å². The highest BCUT2D eigenvalue weighted by molar-refractivity contribution is 5.13. The minimum atomic E-state index is -4.23. The number of hydrogen-bond acceptors (Lipinski definition) is 2. The van der Waals surface area contributed by atoms with E-state index in [1.807, 2.05) is 0 Å². The lowest BCUT2D eigenvalue weighted by Crippen LogP contribution is -2.36. The maximum Gasteiger partial charge on any atom is 0.392 e. The van der Waals surface area contributed by atoms with Gasteiger partial charge >= 0.3 is 6.18 Å². The summed E-state index contributed by atoms with van der Waals surface area (Å²) in [5, 5.41) is 10.1. The fraction of sp³-hybridized carbons (Fsp3) is 0.615. The molecule has 2 nitrogen and oxygen atoms in total. The van der Waals surface area contributed by atoms with Crippen molar-refractivity contribution >= 4 is 0 Å². The fourth-order valence-electron chi connectivity index (χ4n) is 2.74. The summed E-state index contributed by atoms with van der Waals surface area (Å²) in [7, 11) is 0. The molecule has 1 fully saturated rings. The minimum absolute atomic E-state index is 0.117. The van der Waals surface area contributed by atoms with Gasteiger partial charge in [-0.15, -0.1) is 0 Å². The standard InChI is InChI=1S/C13H16F3NO/c14-13(15,16)11-6-2-1-5-10(11)12(18)9-4-3-7-17-8-9/h3-4,7-8,10-12,18H,1-2,5-6H2. The molecule has 1 saturated carbocycles. The van der Waals surface area contributed by atoms with Gasteiger partial charge in [-0.25, -0.2) is 0 Å². The first kappa shape index (κ1) is 13.3. The Morgan fingerprint density at radius 1 is 1.28 bits per heavy atom. The molecule has 18 heavy (non-hydrogen) atoms. The van der Waals surface area contributed by atoms with Crippen LogP contribution in [0.3, 0.4) is 0 Å². The molecule has 0 spiro atoms. The minimum Gasteiger partial charge on any atom is -0.388 e. The molecule has 1 N–H and O–H groups in total. The van der Waals surface area contributed by atoms with Gasteiger partial charge in [0, 0.05) is 18.3 Å². The molecule has 0 bridgehead atoms. The van der Waals surface area contributed by atoms with Crippen LogP contribution in [0.25, 0.3) is 0 Å². The van der Waals surface area contributed by atoms with Crippen LogP contribution < -0.4 is 0 Å². The summed E-state index contributed by atoms with van der Waals surface area (Å²) in [6.07, 6.45) is -0.467. The molecule has 0 aliphatic heterocycles. The van der Waals surface area contributed by atoms with E-state index in [4.69, 9.17) is 0 Å². The molecule has 3 atom stereocenters. The third-order valence-corrected chi connectivity index (χ3v) is 3.67. The molecule has 2 rings (SSSR count). The van der Waals surface area contributed by atoms with E-state index >= 15 is 0 Å². The van der Waals surface area contributed by atoms with Crippen molar-refractivity contribution in [3.63, 3.8) is 0 Å². The van der Waals surface area contributed by atoms with Crippen LogP contribution >= 0.6 is 0 Å². The van der Waals surface area contributed by atoms with Crippen LogP contribution in [0.4, 0.5) is 13.2 Å². The molecule has 5 heteroatoms. The lowest BCUT2D eigenvalue weighted by Gasteiger charge is -2.35. The van der Waals surface area contributed by atoms with E-state index in [-0.39, 0.29) is 6.42 Å². The molecular formula is C13H16F3NO. The largest absolute Gasteiger partial charge is 0.392 e. The summed E-state index contributed by atoms with van der Waals surface area (Å²) in [5.74, 6) is -2.15. The Hall–Kier alpha value is -1.10. The van der Waals surface area contributed by atoms with E-state index in [1.54, 1.807) is 18.3 Å². The third kappa shape index (κ3) is 2.83. The third-order valence-electron chi connectivity index (χ3n) is 3.67. The molecular weight excluding hydrogens is 243 g/mol. The first-order valence-corrected chi connectivity index (χ1v) is 6.15. The Morgan fingerprint density at radius 2 is 2.00 bits per heavy atom. The van der Waals surface area contributed by atoms with Crippen LogP contribution in [-0.4, -0.2) is 16.3 Å². The SMILES string of the molecule is OC(c1cccnc1)C1CCCCC1C(F)(F)F. The smallest absolute Gasteiger partial charge is 0.388 e. The summed E-state index contributed by atoms with van der Waals surface area (Å²) in [4.78, 5) is 3.85. The van der Waals surface area contributed by atoms with Crippen molar-refractivity contribution in [1.29, 1.82) is 0 Å². The maximum atomic E-state index is 12.9. The quantitative estimate of drug-likeness (QED) is 0.882. The van der Waals surface area contributed by atoms with E-state index in [1.165, 1.54) is 6.20 Å². The van der Waals surface area contributed by atoms with Gasteiger partial charge in [-0.1, -0.05) is 18.9 Å².